The molecule has 28 heavy (non-hydrogen) atoms. The fourth-order valence-corrected chi connectivity index (χ4v) is 4.03. The van der Waals surface area contributed by atoms with Crippen LogP contribution in [0.5, 0.6) is 5.75 Å². The lowest BCUT2D eigenvalue weighted by atomic mass is 10.2. The van der Waals surface area contributed by atoms with E-state index < -0.39 is 9.84 Å². The largest absolute Gasteiger partial charge is 0.494 e. The number of hydrogen-bond donors (Lipinski definition) is 1. The van der Waals surface area contributed by atoms with E-state index in [4.69, 9.17) is 4.74 Å². The third-order valence-electron chi connectivity index (χ3n) is 3.80. The van der Waals surface area contributed by atoms with Gasteiger partial charge >= 0.3 is 0 Å². The molecule has 1 aromatic heterocycles. The minimum atomic E-state index is -3.28. The number of aromatic nitrogens is 1. The standard InChI is InChI=1S/C20H20N2O4S2/c1-3-12-26-15-7-4-14(5-8-15)6-11-19(23)22-20-21-17-10-9-16(28(2,24)25)13-18(17)27-20/h4-11,13H,3,12H2,1-2H3,(H,21,22,23)/b11-6+. The SMILES string of the molecule is CCCOc1ccc(/C=C/C(=O)Nc2nc3ccc(S(C)(=O)=O)cc3s2)cc1. The van der Waals surface area contributed by atoms with E-state index in [1.54, 1.807) is 18.2 Å². The van der Waals surface area contributed by atoms with E-state index in [0.717, 1.165) is 24.0 Å². The van der Waals surface area contributed by atoms with Crippen molar-refractivity contribution >= 4 is 48.5 Å². The average Bonchev–Trinajstić information content (AvgIpc) is 3.06. The summed E-state index contributed by atoms with van der Waals surface area (Å²) in [4.78, 5) is 16.7. The quantitative estimate of drug-likeness (QED) is 0.585. The van der Waals surface area contributed by atoms with Gasteiger partial charge in [0, 0.05) is 12.3 Å². The average molecular weight is 417 g/mol. The monoisotopic (exact) mass is 416 g/mol. The van der Waals surface area contributed by atoms with Crippen molar-refractivity contribution in [3.05, 3.63) is 54.1 Å². The number of nitrogens with one attached hydrogen (secondary N) is 1. The number of amides is 1. The highest BCUT2D eigenvalue weighted by molar-refractivity contribution is 7.90. The Morgan fingerprint density at radius 2 is 1.96 bits per heavy atom. The van der Waals surface area contributed by atoms with Gasteiger partial charge in [-0.15, -0.1) is 0 Å². The molecule has 0 aliphatic carbocycles. The summed E-state index contributed by atoms with van der Waals surface area (Å²) in [5, 5.41) is 3.12. The fraction of sp³-hybridized carbons (Fsp3) is 0.200. The van der Waals surface area contributed by atoms with Crippen LogP contribution in [0.1, 0.15) is 18.9 Å². The van der Waals surface area contributed by atoms with E-state index in [2.05, 4.69) is 10.3 Å². The second-order valence-corrected chi connectivity index (χ2v) is 9.21. The molecule has 146 valence electrons. The first-order valence-corrected chi connectivity index (χ1v) is 11.4. The molecule has 0 fully saturated rings. The van der Waals surface area contributed by atoms with Crippen LogP contribution in [0.25, 0.3) is 16.3 Å². The molecule has 0 atom stereocenters. The second kappa shape index (κ2) is 8.53. The Morgan fingerprint density at radius 1 is 1.21 bits per heavy atom. The van der Waals surface area contributed by atoms with Crippen molar-refractivity contribution in [3.8, 4) is 5.75 Å². The molecule has 3 rings (SSSR count). The van der Waals surface area contributed by atoms with E-state index in [-0.39, 0.29) is 10.8 Å². The van der Waals surface area contributed by atoms with E-state index in [9.17, 15) is 13.2 Å². The number of nitrogens with zero attached hydrogens (tertiary/aromatic N) is 1. The molecule has 1 amide bonds. The molecule has 6 nitrogen and oxygen atoms in total. The van der Waals surface area contributed by atoms with Gasteiger partial charge in [-0.1, -0.05) is 30.4 Å². The smallest absolute Gasteiger partial charge is 0.250 e. The molecule has 1 heterocycles. The second-order valence-electron chi connectivity index (χ2n) is 6.16. The Morgan fingerprint density at radius 3 is 2.64 bits per heavy atom. The molecule has 0 saturated heterocycles. The molecule has 0 saturated carbocycles. The Balaban J connectivity index is 1.66. The first-order chi connectivity index (χ1) is 13.3. The molecule has 0 aliphatic rings. The number of fused-ring (bicyclic) bond motifs is 1. The molecule has 2 aromatic carbocycles. The maximum Gasteiger partial charge on any atom is 0.250 e. The van der Waals surface area contributed by atoms with Crippen LogP contribution in [-0.4, -0.2) is 32.2 Å². The van der Waals surface area contributed by atoms with E-state index in [0.29, 0.717) is 22.0 Å². The zero-order valence-corrected chi connectivity index (χ0v) is 17.1. The molecule has 3 aromatic rings. The number of ether oxygens (including phenoxy) is 1. The van der Waals surface area contributed by atoms with Gasteiger partial charge in [-0.05, 0) is 48.4 Å². The van der Waals surface area contributed by atoms with Crippen LogP contribution in [0, 0.1) is 0 Å². The van der Waals surface area contributed by atoms with Crippen LogP contribution >= 0.6 is 11.3 Å². The van der Waals surface area contributed by atoms with Gasteiger partial charge in [0.05, 0.1) is 21.7 Å². The highest BCUT2D eigenvalue weighted by Crippen LogP contribution is 2.28. The summed E-state index contributed by atoms with van der Waals surface area (Å²) in [5.74, 6) is 0.486. The molecule has 0 aliphatic heterocycles. The van der Waals surface area contributed by atoms with Gasteiger partial charge in [0.15, 0.2) is 15.0 Å². The molecule has 8 heteroatoms. The van der Waals surface area contributed by atoms with Crippen LogP contribution in [0.3, 0.4) is 0 Å². The number of hydrogen-bond acceptors (Lipinski definition) is 6. The van der Waals surface area contributed by atoms with E-state index in [1.807, 2.05) is 31.2 Å². The summed E-state index contributed by atoms with van der Waals surface area (Å²) in [5.41, 5.74) is 1.51. The lowest BCUT2D eigenvalue weighted by Crippen LogP contribution is -2.07. The summed E-state index contributed by atoms with van der Waals surface area (Å²) in [6.45, 7) is 2.72. The lowest BCUT2D eigenvalue weighted by molar-refractivity contribution is -0.111. The minimum absolute atomic E-state index is 0.229. The van der Waals surface area contributed by atoms with Gasteiger partial charge < -0.3 is 4.74 Å². The van der Waals surface area contributed by atoms with E-state index in [1.165, 1.54) is 23.5 Å². The van der Waals surface area contributed by atoms with Crippen LogP contribution in [0.15, 0.2) is 53.4 Å². The number of carbonyl (C=O) groups is 1. The zero-order valence-electron chi connectivity index (χ0n) is 15.5. The molecule has 1 N–H and O–H groups in total. The van der Waals surface area contributed by atoms with Crippen molar-refractivity contribution in [2.45, 2.75) is 18.2 Å². The maximum absolute atomic E-state index is 12.1. The molecule has 0 spiro atoms. The summed E-state index contributed by atoms with van der Waals surface area (Å²) in [6.07, 6.45) is 5.23. The van der Waals surface area contributed by atoms with Gasteiger partial charge in [0.1, 0.15) is 5.75 Å². The molecule has 0 unspecified atom stereocenters. The first-order valence-electron chi connectivity index (χ1n) is 8.68. The minimum Gasteiger partial charge on any atom is -0.494 e. The lowest BCUT2D eigenvalue weighted by Gasteiger charge is -2.03. The zero-order chi connectivity index (χ0) is 20.1. The normalized spacial score (nSPS) is 11.8. The van der Waals surface area contributed by atoms with Crippen molar-refractivity contribution in [3.63, 3.8) is 0 Å². The van der Waals surface area contributed by atoms with Crippen LogP contribution < -0.4 is 10.1 Å². The summed E-state index contributed by atoms with van der Waals surface area (Å²) in [7, 11) is -3.28. The highest BCUT2D eigenvalue weighted by atomic mass is 32.2. The van der Waals surface area contributed by atoms with Gasteiger partial charge in [-0.3, -0.25) is 10.1 Å². The van der Waals surface area contributed by atoms with Gasteiger partial charge in [0.25, 0.3) is 0 Å². The Hall–Kier alpha value is -2.71. The van der Waals surface area contributed by atoms with Gasteiger partial charge in [-0.2, -0.15) is 0 Å². The van der Waals surface area contributed by atoms with Crippen molar-refractivity contribution in [1.82, 2.24) is 4.98 Å². The Bertz CT molecular complexity index is 1120. The number of sulfone groups is 1. The van der Waals surface area contributed by atoms with Crippen LogP contribution in [0.2, 0.25) is 0 Å². The van der Waals surface area contributed by atoms with Crippen molar-refractivity contribution in [1.29, 1.82) is 0 Å². The van der Waals surface area contributed by atoms with Crippen molar-refractivity contribution in [2.75, 3.05) is 18.2 Å². The predicted octanol–water partition coefficient (Wildman–Crippen LogP) is 4.14. The van der Waals surface area contributed by atoms with Crippen molar-refractivity contribution in [2.24, 2.45) is 0 Å². The number of anilines is 1. The Kier molecular flexibility index (Phi) is 6.11. The Labute approximate surface area is 167 Å². The third-order valence-corrected chi connectivity index (χ3v) is 5.84. The third kappa shape index (κ3) is 5.17. The van der Waals surface area contributed by atoms with Crippen LogP contribution in [-0.2, 0) is 14.6 Å². The van der Waals surface area contributed by atoms with Gasteiger partial charge in [0.2, 0.25) is 5.91 Å². The maximum atomic E-state index is 12.1. The number of carbonyl (C=O) groups excluding carboxylic acids is 1. The summed E-state index contributed by atoms with van der Waals surface area (Å²) in [6, 6.07) is 12.2. The molecular formula is C20H20N2O4S2. The van der Waals surface area contributed by atoms with Gasteiger partial charge in [-0.25, -0.2) is 13.4 Å². The summed E-state index contributed by atoms with van der Waals surface area (Å²) >= 11 is 1.23. The first kappa shape index (κ1) is 20.0. The number of thiazole rings is 1. The van der Waals surface area contributed by atoms with Crippen LogP contribution in [0.4, 0.5) is 5.13 Å². The highest BCUT2D eigenvalue weighted by Gasteiger charge is 2.11. The van der Waals surface area contributed by atoms with Crippen molar-refractivity contribution < 1.29 is 17.9 Å². The molecular weight excluding hydrogens is 396 g/mol. The molecule has 0 bridgehead atoms. The summed E-state index contributed by atoms with van der Waals surface area (Å²) < 4.78 is 29.5. The topological polar surface area (TPSA) is 85.4 Å². The predicted molar refractivity (Wildman–Crippen MR) is 113 cm³/mol. The number of benzene rings is 2. The van der Waals surface area contributed by atoms with E-state index >= 15 is 0 Å². The molecule has 0 radical (unpaired) electrons. The number of rotatable bonds is 7. The fourth-order valence-electron chi connectivity index (χ4n) is 2.40.